The van der Waals surface area contributed by atoms with Crippen LogP contribution in [-0.4, -0.2) is 30.6 Å². The Kier molecular flexibility index (Phi) is 6.94. The molecule has 1 atom stereocenters. The van der Waals surface area contributed by atoms with Gasteiger partial charge in [-0.15, -0.1) is 0 Å². The second kappa shape index (κ2) is 8.46. The van der Waals surface area contributed by atoms with E-state index < -0.39 is 11.9 Å². The third-order valence-electron chi connectivity index (χ3n) is 2.97. The lowest BCUT2D eigenvalue weighted by Crippen LogP contribution is -2.31. The predicted octanol–water partition coefficient (Wildman–Crippen LogP) is 2.70. The number of carboxylic acid groups (broad SMARTS) is 1. The van der Waals surface area contributed by atoms with Crippen molar-refractivity contribution >= 4 is 33.9 Å². The number of halogens is 1. The van der Waals surface area contributed by atoms with Crippen LogP contribution in [0.15, 0.2) is 28.7 Å². The SMILES string of the molecule is CCC(CNC(=O)C=Cc1cc(Br)ccc1OC)C(=O)O. The normalized spacial score (nSPS) is 12.1. The van der Waals surface area contributed by atoms with E-state index in [1.54, 1.807) is 26.2 Å². The third kappa shape index (κ3) is 5.59. The van der Waals surface area contributed by atoms with Crippen molar-refractivity contribution in [3.05, 3.63) is 34.3 Å². The van der Waals surface area contributed by atoms with E-state index >= 15 is 0 Å². The zero-order valence-electron chi connectivity index (χ0n) is 11.9. The first-order chi connectivity index (χ1) is 9.97. The molecule has 0 saturated carbocycles. The minimum atomic E-state index is -0.907. The monoisotopic (exact) mass is 355 g/mol. The molecule has 0 aromatic heterocycles. The van der Waals surface area contributed by atoms with E-state index in [4.69, 9.17) is 9.84 Å². The van der Waals surface area contributed by atoms with E-state index in [-0.39, 0.29) is 12.5 Å². The number of aliphatic carboxylic acids is 1. The Morgan fingerprint density at radius 3 is 2.76 bits per heavy atom. The van der Waals surface area contributed by atoms with Gasteiger partial charge in [0.05, 0.1) is 13.0 Å². The topological polar surface area (TPSA) is 75.6 Å². The van der Waals surface area contributed by atoms with Crippen LogP contribution in [0.3, 0.4) is 0 Å². The van der Waals surface area contributed by atoms with Gasteiger partial charge in [0, 0.05) is 22.7 Å². The summed E-state index contributed by atoms with van der Waals surface area (Å²) >= 11 is 3.35. The highest BCUT2D eigenvalue weighted by Gasteiger charge is 2.15. The van der Waals surface area contributed by atoms with Gasteiger partial charge < -0.3 is 15.2 Å². The Bertz CT molecular complexity index is 542. The van der Waals surface area contributed by atoms with Crippen molar-refractivity contribution < 1.29 is 19.4 Å². The number of amides is 1. The molecular weight excluding hydrogens is 338 g/mol. The lowest BCUT2D eigenvalue weighted by molar-refractivity contribution is -0.141. The van der Waals surface area contributed by atoms with Crippen LogP contribution in [0.1, 0.15) is 18.9 Å². The van der Waals surface area contributed by atoms with Crippen molar-refractivity contribution in [2.45, 2.75) is 13.3 Å². The number of carbonyl (C=O) groups is 2. The van der Waals surface area contributed by atoms with Gasteiger partial charge in [-0.1, -0.05) is 22.9 Å². The largest absolute Gasteiger partial charge is 0.496 e. The Morgan fingerprint density at radius 1 is 1.48 bits per heavy atom. The molecule has 21 heavy (non-hydrogen) atoms. The molecule has 0 aliphatic carbocycles. The van der Waals surface area contributed by atoms with E-state index in [9.17, 15) is 9.59 Å². The molecule has 0 aliphatic rings. The van der Waals surface area contributed by atoms with Crippen LogP contribution in [-0.2, 0) is 9.59 Å². The van der Waals surface area contributed by atoms with E-state index in [0.29, 0.717) is 12.2 Å². The van der Waals surface area contributed by atoms with Crippen LogP contribution in [0.2, 0.25) is 0 Å². The molecule has 1 amide bonds. The van der Waals surface area contributed by atoms with Crippen LogP contribution >= 0.6 is 15.9 Å². The number of hydrogen-bond donors (Lipinski definition) is 2. The second-order valence-corrected chi connectivity index (χ2v) is 5.32. The van der Waals surface area contributed by atoms with Gasteiger partial charge in [-0.25, -0.2) is 0 Å². The molecule has 0 radical (unpaired) electrons. The van der Waals surface area contributed by atoms with Crippen LogP contribution < -0.4 is 10.1 Å². The average Bonchev–Trinajstić information content (AvgIpc) is 2.45. The summed E-state index contributed by atoms with van der Waals surface area (Å²) in [5.74, 6) is -1.16. The molecule has 114 valence electrons. The second-order valence-electron chi connectivity index (χ2n) is 4.41. The van der Waals surface area contributed by atoms with Crippen LogP contribution in [0, 0.1) is 5.92 Å². The molecule has 1 rings (SSSR count). The molecule has 0 fully saturated rings. The zero-order chi connectivity index (χ0) is 15.8. The summed E-state index contributed by atoms with van der Waals surface area (Å²) < 4.78 is 6.07. The Labute approximate surface area is 132 Å². The molecule has 0 heterocycles. The van der Waals surface area contributed by atoms with Gasteiger partial charge in [0.1, 0.15) is 5.75 Å². The van der Waals surface area contributed by atoms with Crippen molar-refractivity contribution in [3.8, 4) is 5.75 Å². The Balaban J connectivity index is 2.66. The number of ether oxygens (including phenoxy) is 1. The van der Waals surface area contributed by atoms with Gasteiger partial charge in [-0.2, -0.15) is 0 Å². The maximum Gasteiger partial charge on any atom is 0.308 e. The Morgan fingerprint density at radius 2 is 2.19 bits per heavy atom. The minimum absolute atomic E-state index is 0.116. The lowest BCUT2D eigenvalue weighted by atomic mass is 10.1. The number of nitrogens with one attached hydrogen (secondary N) is 1. The first kappa shape index (κ1) is 17.2. The van der Waals surface area contributed by atoms with Gasteiger partial charge in [-0.3, -0.25) is 9.59 Å². The highest BCUT2D eigenvalue weighted by Crippen LogP contribution is 2.23. The van der Waals surface area contributed by atoms with Crippen molar-refractivity contribution in [2.75, 3.05) is 13.7 Å². The molecule has 1 aromatic rings. The molecular formula is C15H18BrNO4. The molecule has 0 saturated heterocycles. The first-order valence-corrected chi connectivity index (χ1v) is 7.29. The van der Waals surface area contributed by atoms with Crippen LogP contribution in [0.5, 0.6) is 5.75 Å². The summed E-state index contributed by atoms with van der Waals surface area (Å²) in [6.45, 7) is 1.89. The Hall–Kier alpha value is -1.82. The fourth-order valence-electron chi connectivity index (χ4n) is 1.69. The summed E-state index contributed by atoms with van der Waals surface area (Å²) in [6.07, 6.45) is 3.46. The van der Waals surface area contributed by atoms with Gasteiger partial charge in [0.15, 0.2) is 0 Å². The zero-order valence-corrected chi connectivity index (χ0v) is 13.5. The van der Waals surface area contributed by atoms with Gasteiger partial charge in [0.25, 0.3) is 0 Å². The van der Waals surface area contributed by atoms with E-state index in [2.05, 4.69) is 21.2 Å². The van der Waals surface area contributed by atoms with Gasteiger partial charge in [-0.05, 0) is 30.7 Å². The summed E-state index contributed by atoms with van der Waals surface area (Å²) in [4.78, 5) is 22.6. The molecule has 0 aliphatic heterocycles. The molecule has 1 unspecified atom stereocenters. The van der Waals surface area contributed by atoms with Crippen LogP contribution in [0.4, 0.5) is 0 Å². The van der Waals surface area contributed by atoms with Crippen molar-refractivity contribution in [1.29, 1.82) is 0 Å². The molecule has 6 heteroatoms. The number of benzene rings is 1. The van der Waals surface area contributed by atoms with Crippen LogP contribution in [0.25, 0.3) is 6.08 Å². The van der Waals surface area contributed by atoms with Crippen molar-refractivity contribution in [3.63, 3.8) is 0 Å². The van der Waals surface area contributed by atoms with E-state index in [1.165, 1.54) is 6.08 Å². The smallest absolute Gasteiger partial charge is 0.308 e. The van der Waals surface area contributed by atoms with Gasteiger partial charge in [0.2, 0.25) is 5.91 Å². The summed E-state index contributed by atoms with van der Waals surface area (Å²) in [5, 5.41) is 11.5. The predicted molar refractivity (Wildman–Crippen MR) is 84.2 cm³/mol. The highest BCUT2D eigenvalue weighted by atomic mass is 79.9. The van der Waals surface area contributed by atoms with E-state index in [1.807, 2.05) is 12.1 Å². The highest BCUT2D eigenvalue weighted by molar-refractivity contribution is 9.10. The number of carbonyl (C=O) groups excluding carboxylic acids is 1. The number of carboxylic acids is 1. The fourth-order valence-corrected chi connectivity index (χ4v) is 2.07. The quantitative estimate of drug-likeness (QED) is 0.737. The van der Waals surface area contributed by atoms with E-state index in [0.717, 1.165) is 10.0 Å². The number of rotatable bonds is 7. The van der Waals surface area contributed by atoms with Gasteiger partial charge >= 0.3 is 5.97 Å². The number of hydrogen-bond acceptors (Lipinski definition) is 3. The first-order valence-electron chi connectivity index (χ1n) is 6.50. The summed E-state index contributed by atoms with van der Waals surface area (Å²) in [6, 6.07) is 5.46. The minimum Gasteiger partial charge on any atom is -0.496 e. The fraction of sp³-hybridized carbons (Fsp3) is 0.333. The average molecular weight is 356 g/mol. The molecule has 2 N–H and O–H groups in total. The standard InChI is InChI=1S/C15H18BrNO4/c1-3-10(15(19)20)9-17-14(18)7-4-11-8-12(16)5-6-13(11)21-2/h4-8,10H,3,9H2,1-2H3,(H,17,18)(H,19,20). The number of methoxy groups -OCH3 is 1. The summed E-state index contributed by atoms with van der Waals surface area (Å²) in [7, 11) is 1.55. The molecule has 0 bridgehead atoms. The molecule has 5 nitrogen and oxygen atoms in total. The maximum atomic E-state index is 11.7. The van der Waals surface area contributed by atoms with Crippen molar-refractivity contribution in [2.24, 2.45) is 5.92 Å². The molecule has 1 aromatic carbocycles. The maximum absolute atomic E-state index is 11.7. The summed E-state index contributed by atoms with van der Waals surface area (Å²) in [5.41, 5.74) is 0.757. The third-order valence-corrected chi connectivity index (χ3v) is 3.46. The lowest BCUT2D eigenvalue weighted by Gasteiger charge is -2.09. The van der Waals surface area contributed by atoms with Crippen molar-refractivity contribution in [1.82, 2.24) is 5.32 Å². The molecule has 0 spiro atoms.